The standard InChI is InChI=1S/C14H25N3S/c1-11-6-5-7-12(16-11)13-8-15-10-17(13)9-14(2,3)18-4/h8,10-12,16H,5-7,9H2,1-4H3. The molecule has 0 aromatic carbocycles. The van der Waals surface area contributed by atoms with Gasteiger partial charge in [-0.05, 0) is 46.3 Å². The van der Waals surface area contributed by atoms with Gasteiger partial charge >= 0.3 is 0 Å². The Morgan fingerprint density at radius 1 is 1.50 bits per heavy atom. The molecule has 1 aliphatic rings. The van der Waals surface area contributed by atoms with Crippen LogP contribution in [0.2, 0.25) is 0 Å². The summed E-state index contributed by atoms with van der Waals surface area (Å²) < 4.78 is 2.59. The zero-order valence-electron chi connectivity index (χ0n) is 11.9. The van der Waals surface area contributed by atoms with Crippen molar-refractivity contribution in [1.29, 1.82) is 0 Å². The van der Waals surface area contributed by atoms with E-state index in [2.05, 4.69) is 41.9 Å². The predicted octanol–water partition coefficient (Wildman–Crippen LogP) is 3.23. The number of rotatable bonds is 4. The van der Waals surface area contributed by atoms with Gasteiger partial charge in [-0.25, -0.2) is 4.98 Å². The molecule has 18 heavy (non-hydrogen) atoms. The molecule has 2 atom stereocenters. The average Bonchev–Trinajstić information content (AvgIpc) is 2.76. The molecule has 4 heteroatoms. The maximum Gasteiger partial charge on any atom is 0.0949 e. The summed E-state index contributed by atoms with van der Waals surface area (Å²) in [6.45, 7) is 7.88. The van der Waals surface area contributed by atoms with Gasteiger partial charge in [-0.1, -0.05) is 0 Å². The van der Waals surface area contributed by atoms with E-state index < -0.39 is 0 Å². The van der Waals surface area contributed by atoms with Crippen molar-refractivity contribution in [2.24, 2.45) is 0 Å². The summed E-state index contributed by atoms with van der Waals surface area (Å²) in [6.07, 6.45) is 10.0. The minimum absolute atomic E-state index is 0.260. The van der Waals surface area contributed by atoms with Gasteiger partial charge in [-0.2, -0.15) is 11.8 Å². The largest absolute Gasteiger partial charge is 0.332 e. The molecule has 0 bridgehead atoms. The number of piperidine rings is 1. The lowest BCUT2D eigenvalue weighted by Crippen LogP contribution is -2.36. The fraction of sp³-hybridized carbons (Fsp3) is 0.786. The number of aromatic nitrogens is 2. The molecular weight excluding hydrogens is 242 g/mol. The van der Waals surface area contributed by atoms with Crippen molar-refractivity contribution in [2.75, 3.05) is 6.26 Å². The Hall–Kier alpha value is -0.480. The first kappa shape index (κ1) is 13.9. The summed E-state index contributed by atoms with van der Waals surface area (Å²) in [6, 6.07) is 1.11. The third kappa shape index (κ3) is 3.29. The predicted molar refractivity (Wildman–Crippen MR) is 79.0 cm³/mol. The van der Waals surface area contributed by atoms with Gasteiger partial charge in [0.2, 0.25) is 0 Å². The molecule has 1 fully saturated rings. The number of nitrogens with one attached hydrogen (secondary N) is 1. The second-order valence-electron chi connectivity index (χ2n) is 5.96. The maximum atomic E-state index is 4.35. The molecule has 2 rings (SSSR count). The lowest BCUT2D eigenvalue weighted by Gasteiger charge is -2.31. The molecular formula is C14H25N3S. The van der Waals surface area contributed by atoms with Crippen molar-refractivity contribution in [3.63, 3.8) is 0 Å². The Bertz CT molecular complexity index is 386. The molecule has 0 saturated carbocycles. The number of hydrogen-bond donors (Lipinski definition) is 1. The summed E-state index contributed by atoms with van der Waals surface area (Å²) in [5.74, 6) is 0. The maximum absolute atomic E-state index is 4.35. The van der Waals surface area contributed by atoms with E-state index in [4.69, 9.17) is 0 Å². The molecule has 2 unspecified atom stereocenters. The SMILES string of the molecule is CSC(C)(C)Cn1cncc1C1CCCC(C)N1. The fourth-order valence-corrected chi connectivity index (χ4v) is 2.87. The summed E-state index contributed by atoms with van der Waals surface area (Å²) >= 11 is 1.91. The normalized spacial score (nSPS) is 25.3. The summed E-state index contributed by atoms with van der Waals surface area (Å²) in [5.41, 5.74) is 1.35. The van der Waals surface area contributed by atoms with Gasteiger partial charge in [0, 0.05) is 29.6 Å². The van der Waals surface area contributed by atoms with Crippen molar-refractivity contribution in [3.05, 3.63) is 18.2 Å². The van der Waals surface area contributed by atoms with Crippen LogP contribution in [0.4, 0.5) is 0 Å². The number of imidazole rings is 1. The fourth-order valence-electron chi connectivity index (χ4n) is 2.60. The quantitative estimate of drug-likeness (QED) is 0.908. The molecule has 0 radical (unpaired) electrons. The zero-order valence-corrected chi connectivity index (χ0v) is 12.8. The van der Waals surface area contributed by atoms with E-state index in [0.717, 1.165) is 6.54 Å². The molecule has 0 amide bonds. The van der Waals surface area contributed by atoms with E-state index >= 15 is 0 Å². The highest BCUT2D eigenvalue weighted by atomic mass is 32.2. The third-order valence-electron chi connectivity index (χ3n) is 3.82. The van der Waals surface area contributed by atoms with Crippen LogP contribution in [0.5, 0.6) is 0 Å². The van der Waals surface area contributed by atoms with Crippen LogP contribution >= 0.6 is 11.8 Å². The second kappa shape index (κ2) is 5.66. The lowest BCUT2D eigenvalue weighted by molar-refractivity contribution is 0.327. The van der Waals surface area contributed by atoms with E-state index in [1.807, 2.05) is 24.3 Å². The molecule has 3 nitrogen and oxygen atoms in total. The first-order valence-corrected chi connectivity index (χ1v) is 8.05. The van der Waals surface area contributed by atoms with Crippen LogP contribution in [0.3, 0.4) is 0 Å². The molecule has 0 aliphatic carbocycles. The number of nitrogens with zero attached hydrogens (tertiary/aromatic N) is 2. The zero-order chi connectivity index (χ0) is 13.2. The molecule has 0 spiro atoms. The van der Waals surface area contributed by atoms with Gasteiger partial charge in [0.25, 0.3) is 0 Å². The minimum atomic E-state index is 0.260. The molecule has 1 N–H and O–H groups in total. The van der Waals surface area contributed by atoms with Crippen LogP contribution in [0.1, 0.15) is 51.8 Å². The monoisotopic (exact) mass is 267 g/mol. The highest BCUT2D eigenvalue weighted by Crippen LogP contribution is 2.28. The van der Waals surface area contributed by atoms with Crippen molar-refractivity contribution >= 4 is 11.8 Å². The molecule has 102 valence electrons. The molecule has 1 aliphatic heterocycles. The Morgan fingerprint density at radius 3 is 2.94 bits per heavy atom. The van der Waals surface area contributed by atoms with Crippen molar-refractivity contribution in [1.82, 2.24) is 14.9 Å². The van der Waals surface area contributed by atoms with E-state index in [1.165, 1.54) is 25.0 Å². The van der Waals surface area contributed by atoms with E-state index in [-0.39, 0.29) is 4.75 Å². The minimum Gasteiger partial charge on any atom is -0.332 e. The van der Waals surface area contributed by atoms with Crippen LogP contribution in [-0.2, 0) is 6.54 Å². The highest BCUT2D eigenvalue weighted by Gasteiger charge is 2.24. The smallest absolute Gasteiger partial charge is 0.0949 e. The highest BCUT2D eigenvalue weighted by molar-refractivity contribution is 7.99. The molecule has 1 saturated heterocycles. The Morgan fingerprint density at radius 2 is 2.28 bits per heavy atom. The molecule has 1 aromatic rings. The van der Waals surface area contributed by atoms with Gasteiger partial charge in [-0.3, -0.25) is 0 Å². The number of hydrogen-bond acceptors (Lipinski definition) is 3. The van der Waals surface area contributed by atoms with Gasteiger partial charge in [0.1, 0.15) is 0 Å². The van der Waals surface area contributed by atoms with E-state index in [1.54, 1.807) is 0 Å². The lowest BCUT2D eigenvalue weighted by atomic mass is 9.97. The topological polar surface area (TPSA) is 29.9 Å². The van der Waals surface area contributed by atoms with Gasteiger partial charge in [0.05, 0.1) is 12.0 Å². The Labute approximate surface area is 115 Å². The van der Waals surface area contributed by atoms with Crippen LogP contribution in [0.25, 0.3) is 0 Å². The van der Waals surface area contributed by atoms with Crippen molar-refractivity contribution in [2.45, 2.75) is 63.4 Å². The van der Waals surface area contributed by atoms with Crippen LogP contribution in [0, 0.1) is 0 Å². The van der Waals surface area contributed by atoms with Crippen LogP contribution in [0.15, 0.2) is 12.5 Å². The Kier molecular flexibility index (Phi) is 4.38. The summed E-state index contributed by atoms with van der Waals surface area (Å²) in [7, 11) is 0. The Balaban J connectivity index is 2.12. The van der Waals surface area contributed by atoms with Crippen LogP contribution < -0.4 is 5.32 Å². The summed E-state index contributed by atoms with van der Waals surface area (Å²) in [5, 5.41) is 3.70. The first-order valence-electron chi connectivity index (χ1n) is 6.83. The second-order valence-corrected chi connectivity index (χ2v) is 7.47. The van der Waals surface area contributed by atoms with E-state index in [9.17, 15) is 0 Å². The number of thioether (sulfide) groups is 1. The average molecular weight is 267 g/mol. The van der Waals surface area contributed by atoms with Crippen molar-refractivity contribution < 1.29 is 0 Å². The van der Waals surface area contributed by atoms with Crippen LogP contribution in [-0.4, -0.2) is 26.6 Å². The van der Waals surface area contributed by atoms with Gasteiger partial charge in [0.15, 0.2) is 0 Å². The van der Waals surface area contributed by atoms with Gasteiger partial charge < -0.3 is 9.88 Å². The summed E-state index contributed by atoms with van der Waals surface area (Å²) in [4.78, 5) is 4.35. The van der Waals surface area contributed by atoms with Crippen molar-refractivity contribution in [3.8, 4) is 0 Å². The molecule has 2 heterocycles. The molecule has 1 aromatic heterocycles. The van der Waals surface area contributed by atoms with Gasteiger partial charge in [-0.15, -0.1) is 0 Å². The van der Waals surface area contributed by atoms with E-state index in [0.29, 0.717) is 12.1 Å². The third-order valence-corrected chi connectivity index (χ3v) is 5.06. The first-order chi connectivity index (χ1) is 8.52.